The second kappa shape index (κ2) is 4.36. The minimum Gasteiger partial charge on any atom is -0.467 e. The normalized spacial score (nSPS) is 10.1. The van der Waals surface area contributed by atoms with Crippen molar-refractivity contribution in [3.63, 3.8) is 0 Å². The first kappa shape index (κ1) is 7.63. The molecule has 0 aromatic carbocycles. The molecule has 0 saturated heterocycles. The maximum atomic E-state index is 5.39. The number of furan rings is 1. The maximum Gasteiger partial charge on any atom is 0.129 e. The van der Waals surface area contributed by atoms with Gasteiger partial charge in [0.2, 0.25) is 0 Å². The highest BCUT2D eigenvalue weighted by atomic mass is 35.5. The van der Waals surface area contributed by atoms with E-state index in [4.69, 9.17) is 20.8 Å². The molecule has 0 amide bonds. The Kier molecular flexibility index (Phi) is 3.33. The summed E-state index contributed by atoms with van der Waals surface area (Å²) in [5.74, 6) is 1.37. The summed E-state index contributed by atoms with van der Waals surface area (Å²) in [7, 11) is 0. The molecule has 0 spiro atoms. The first-order valence-corrected chi connectivity index (χ1v) is 3.63. The van der Waals surface area contributed by atoms with Gasteiger partial charge in [-0.15, -0.1) is 11.6 Å². The molecule has 0 aliphatic carbocycles. The van der Waals surface area contributed by atoms with E-state index < -0.39 is 0 Å². The van der Waals surface area contributed by atoms with E-state index in [1.54, 1.807) is 6.26 Å². The SMILES string of the molecule is ClCCOCc1ccco1. The molecule has 56 valence electrons. The van der Waals surface area contributed by atoms with Crippen LogP contribution in [0.3, 0.4) is 0 Å². The molecule has 0 aliphatic heterocycles. The molecule has 0 unspecified atom stereocenters. The van der Waals surface area contributed by atoms with Crippen LogP contribution < -0.4 is 0 Å². The molecular weight excluding hydrogens is 152 g/mol. The van der Waals surface area contributed by atoms with Gasteiger partial charge in [-0.1, -0.05) is 0 Å². The summed E-state index contributed by atoms with van der Waals surface area (Å²) in [6.45, 7) is 1.09. The highest BCUT2D eigenvalue weighted by Gasteiger charge is 1.92. The van der Waals surface area contributed by atoms with Gasteiger partial charge in [-0.25, -0.2) is 0 Å². The third kappa shape index (κ3) is 2.42. The number of alkyl halides is 1. The lowest BCUT2D eigenvalue weighted by atomic mass is 10.5. The van der Waals surface area contributed by atoms with Gasteiger partial charge < -0.3 is 9.15 Å². The van der Waals surface area contributed by atoms with Crippen LogP contribution in [0.15, 0.2) is 22.8 Å². The quantitative estimate of drug-likeness (QED) is 0.497. The van der Waals surface area contributed by atoms with Crippen LogP contribution in [0.2, 0.25) is 0 Å². The number of halogens is 1. The number of hydrogen-bond acceptors (Lipinski definition) is 2. The van der Waals surface area contributed by atoms with E-state index in [2.05, 4.69) is 0 Å². The van der Waals surface area contributed by atoms with Crippen molar-refractivity contribution in [3.8, 4) is 0 Å². The van der Waals surface area contributed by atoms with Gasteiger partial charge in [0.25, 0.3) is 0 Å². The van der Waals surface area contributed by atoms with Crippen molar-refractivity contribution in [1.82, 2.24) is 0 Å². The first-order valence-electron chi connectivity index (χ1n) is 3.09. The largest absolute Gasteiger partial charge is 0.467 e. The molecular formula is C7H9ClO2. The zero-order valence-corrected chi connectivity index (χ0v) is 6.30. The van der Waals surface area contributed by atoms with E-state index >= 15 is 0 Å². The Labute approximate surface area is 64.7 Å². The molecule has 3 heteroatoms. The van der Waals surface area contributed by atoms with Gasteiger partial charge in [-0.3, -0.25) is 0 Å². The number of ether oxygens (including phenoxy) is 1. The van der Waals surface area contributed by atoms with Crippen LogP contribution >= 0.6 is 11.6 Å². The van der Waals surface area contributed by atoms with Crippen LogP contribution in [0.1, 0.15) is 5.76 Å². The molecule has 0 aliphatic rings. The van der Waals surface area contributed by atoms with Crippen molar-refractivity contribution in [1.29, 1.82) is 0 Å². The van der Waals surface area contributed by atoms with Crippen molar-refractivity contribution in [2.75, 3.05) is 12.5 Å². The summed E-state index contributed by atoms with van der Waals surface area (Å²) in [5, 5.41) is 0. The smallest absolute Gasteiger partial charge is 0.129 e. The average Bonchev–Trinajstić information content (AvgIpc) is 2.41. The van der Waals surface area contributed by atoms with Gasteiger partial charge in [-0.2, -0.15) is 0 Å². The Balaban J connectivity index is 2.15. The maximum absolute atomic E-state index is 5.39. The molecule has 1 aromatic heterocycles. The van der Waals surface area contributed by atoms with Crippen LogP contribution in [0, 0.1) is 0 Å². The topological polar surface area (TPSA) is 22.4 Å². The van der Waals surface area contributed by atoms with Crippen LogP contribution in [-0.4, -0.2) is 12.5 Å². The summed E-state index contributed by atoms with van der Waals surface area (Å²) in [5.41, 5.74) is 0. The highest BCUT2D eigenvalue weighted by molar-refractivity contribution is 6.17. The fraction of sp³-hybridized carbons (Fsp3) is 0.429. The van der Waals surface area contributed by atoms with Crippen molar-refractivity contribution >= 4 is 11.6 Å². The van der Waals surface area contributed by atoms with E-state index in [1.165, 1.54) is 0 Å². The molecule has 0 fully saturated rings. The van der Waals surface area contributed by atoms with Gasteiger partial charge >= 0.3 is 0 Å². The van der Waals surface area contributed by atoms with Crippen molar-refractivity contribution < 1.29 is 9.15 Å². The van der Waals surface area contributed by atoms with E-state index in [0.29, 0.717) is 19.1 Å². The zero-order valence-electron chi connectivity index (χ0n) is 5.55. The summed E-state index contributed by atoms with van der Waals surface area (Å²) < 4.78 is 10.1. The van der Waals surface area contributed by atoms with Gasteiger partial charge in [0, 0.05) is 5.88 Å². The lowest BCUT2D eigenvalue weighted by Gasteiger charge is -1.96. The Bertz CT molecular complexity index is 160. The third-order valence-electron chi connectivity index (χ3n) is 1.05. The van der Waals surface area contributed by atoms with E-state index in [1.807, 2.05) is 12.1 Å². The van der Waals surface area contributed by atoms with E-state index in [-0.39, 0.29) is 0 Å². The van der Waals surface area contributed by atoms with Gasteiger partial charge in [0.05, 0.1) is 12.9 Å². The molecule has 0 bridgehead atoms. The molecule has 1 rings (SSSR count). The van der Waals surface area contributed by atoms with E-state index in [0.717, 1.165) is 5.76 Å². The van der Waals surface area contributed by atoms with Crippen LogP contribution in [0.4, 0.5) is 0 Å². The number of rotatable bonds is 4. The van der Waals surface area contributed by atoms with E-state index in [9.17, 15) is 0 Å². The van der Waals surface area contributed by atoms with Gasteiger partial charge in [0.1, 0.15) is 12.4 Å². The Morgan fingerprint density at radius 1 is 1.60 bits per heavy atom. The Morgan fingerprint density at radius 3 is 3.10 bits per heavy atom. The summed E-state index contributed by atoms with van der Waals surface area (Å²) in [6, 6.07) is 3.70. The fourth-order valence-electron chi connectivity index (χ4n) is 0.622. The average molecular weight is 161 g/mol. The van der Waals surface area contributed by atoms with Crippen molar-refractivity contribution in [3.05, 3.63) is 24.2 Å². The molecule has 2 nitrogen and oxygen atoms in total. The lowest BCUT2D eigenvalue weighted by Crippen LogP contribution is -1.94. The molecule has 10 heavy (non-hydrogen) atoms. The molecule has 1 aromatic rings. The predicted octanol–water partition coefficient (Wildman–Crippen LogP) is 2.04. The Morgan fingerprint density at radius 2 is 2.50 bits per heavy atom. The third-order valence-corrected chi connectivity index (χ3v) is 1.20. The Hall–Kier alpha value is -0.470. The highest BCUT2D eigenvalue weighted by Crippen LogP contribution is 2.01. The first-order chi connectivity index (χ1) is 4.93. The minimum absolute atomic E-state index is 0.514. The van der Waals surface area contributed by atoms with Crippen molar-refractivity contribution in [2.45, 2.75) is 6.61 Å². The van der Waals surface area contributed by atoms with Gasteiger partial charge in [-0.05, 0) is 12.1 Å². The monoisotopic (exact) mass is 160 g/mol. The van der Waals surface area contributed by atoms with Crippen LogP contribution in [-0.2, 0) is 11.3 Å². The van der Waals surface area contributed by atoms with Crippen molar-refractivity contribution in [2.24, 2.45) is 0 Å². The molecule has 0 radical (unpaired) electrons. The second-order valence-electron chi connectivity index (χ2n) is 1.82. The molecule has 0 atom stereocenters. The second-order valence-corrected chi connectivity index (χ2v) is 2.20. The molecule has 0 N–H and O–H groups in total. The zero-order chi connectivity index (χ0) is 7.23. The standard InChI is InChI=1S/C7H9ClO2/c8-3-5-9-6-7-2-1-4-10-7/h1-2,4H,3,5-6H2. The fourth-order valence-corrected chi connectivity index (χ4v) is 0.731. The number of hydrogen-bond donors (Lipinski definition) is 0. The lowest BCUT2D eigenvalue weighted by molar-refractivity contribution is 0.120. The van der Waals surface area contributed by atoms with Gasteiger partial charge in [0.15, 0.2) is 0 Å². The van der Waals surface area contributed by atoms with Crippen LogP contribution in [0.5, 0.6) is 0 Å². The summed E-state index contributed by atoms with van der Waals surface area (Å²) in [6.07, 6.45) is 1.62. The molecule has 1 heterocycles. The minimum atomic E-state index is 0.514. The summed E-state index contributed by atoms with van der Waals surface area (Å²) in [4.78, 5) is 0. The molecule has 0 saturated carbocycles. The summed E-state index contributed by atoms with van der Waals surface area (Å²) >= 11 is 5.39. The predicted molar refractivity (Wildman–Crippen MR) is 39.1 cm³/mol. The van der Waals surface area contributed by atoms with Crippen LogP contribution in [0.25, 0.3) is 0 Å².